The molecule has 4 aromatic rings. The molecule has 5 heteroatoms. The average molecular weight is 789 g/mol. The Morgan fingerprint density at radius 3 is 1.98 bits per heavy atom. The van der Waals surface area contributed by atoms with Gasteiger partial charge < -0.3 is 14.5 Å². The van der Waals surface area contributed by atoms with Gasteiger partial charge in [-0.1, -0.05) is 88.3 Å². The molecule has 2 aromatic carbocycles. The van der Waals surface area contributed by atoms with E-state index in [4.69, 9.17) is 4.42 Å². The summed E-state index contributed by atoms with van der Waals surface area (Å²) in [4.78, 5) is 16.9. The van der Waals surface area contributed by atoms with Gasteiger partial charge in [0.1, 0.15) is 17.1 Å². The van der Waals surface area contributed by atoms with Crippen molar-refractivity contribution >= 4 is 27.5 Å². The summed E-state index contributed by atoms with van der Waals surface area (Å²) in [6, 6.07) is 14.2. The summed E-state index contributed by atoms with van der Waals surface area (Å²) in [6.45, 7) is 25.2. The van der Waals surface area contributed by atoms with E-state index in [1.54, 1.807) is 0 Å². The van der Waals surface area contributed by atoms with E-state index in [9.17, 15) is 9.90 Å². The SMILES string of the molecule is CCC(C)(CC)C(=O)/C=C(\O)C(C)(CC)CC.Cc1[c-]c(-c2nccc3c2ccc2c(CC(C)(C)C)c(C)oc23)cc(C)c1.[Ir]. The van der Waals surface area contributed by atoms with Crippen molar-refractivity contribution in [3.05, 3.63) is 76.9 Å². The van der Waals surface area contributed by atoms with Gasteiger partial charge >= 0.3 is 0 Å². The first kappa shape index (κ1) is 38.4. The van der Waals surface area contributed by atoms with E-state index in [0.717, 1.165) is 71.0 Å². The second kappa shape index (κ2) is 15.2. The topological polar surface area (TPSA) is 63.3 Å². The maximum Gasteiger partial charge on any atom is 0.164 e. The van der Waals surface area contributed by atoms with Crippen molar-refractivity contribution in [3.63, 3.8) is 0 Å². The zero-order valence-electron chi connectivity index (χ0n) is 29.6. The molecule has 2 heterocycles. The van der Waals surface area contributed by atoms with Crippen LogP contribution in [0.4, 0.5) is 0 Å². The monoisotopic (exact) mass is 789 g/mol. The Balaban J connectivity index is 0.000000343. The van der Waals surface area contributed by atoms with Crippen LogP contribution in [0, 0.1) is 43.1 Å². The summed E-state index contributed by atoms with van der Waals surface area (Å²) in [5.41, 5.74) is 6.26. The summed E-state index contributed by atoms with van der Waals surface area (Å²) in [5.74, 6) is 1.30. The number of aromatic nitrogens is 1. The molecule has 4 rings (SSSR count). The number of carbonyl (C=O) groups excluding carboxylic acids is 1. The number of furan rings is 1. The maximum absolute atomic E-state index is 12.2. The molecule has 45 heavy (non-hydrogen) atoms. The molecule has 0 bridgehead atoms. The zero-order chi connectivity index (χ0) is 33.0. The van der Waals surface area contributed by atoms with Crippen molar-refractivity contribution in [3.8, 4) is 11.3 Å². The van der Waals surface area contributed by atoms with Crippen LogP contribution >= 0.6 is 0 Å². The molecule has 0 unspecified atom stereocenters. The van der Waals surface area contributed by atoms with Crippen molar-refractivity contribution in [1.29, 1.82) is 0 Å². The number of ketones is 1. The third kappa shape index (κ3) is 8.74. The second-order valence-electron chi connectivity index (χ2n) is 14.3. The molecular weight excluding hydrogens is 735 g/mol. The zero-order valence-corrected chi connectivity index (χ0v) is 32.0. The van der Waals surface area contributed by atoms with Gasteiger partial charge in [-0.25, -0.2) is 0 Å². The molecule has 0 aliphatic heterocycles. The van der Waals surface area contributed by atoms with Crippen molar-refractivity contribution in [2.75, 3.05) is 0 Å². The number of rotatable bonds is 9. The average Bonchev–Trinajstić information content (AvgIpc) is 3.29. The van der Waals surface area contributed by atoms with Gasteiger partial charge in [0.15, 0.2) is 5.78 Å². The van der Waals surface area contributed by atoms with E-state index in [0.29, 0.717) is 0 Å². The Morgan fingerprint density at radius 1 is 0.867 bits per heavy atom. The van der Waals surface area contributed by atoms with Crippen LogP contribution in [0.2, 0.25) is 0 Å². The summed E-state index contributed by atoms with van der Waals surface area (Å²) in [5, 5.41) is 13.6. The Hall–Kier alpha value is -2.75. The number of hydrogen-bond donors (Lipinski definition) is 1. The van der Waals surface area contributed by atoms with Crippen molar-refractivity contribution in [1.82, 2.24) is 4.98 Å². The molecule has 0 spiro atoms. The number of carbonyl (C=O) groups is 1. The van der Waals surface area contributed by atoms with E-state index < -0.39 is 0 Å². The minimum Gasteiger partial charge on any atom is -0.512 e. The molecule has 0 amide bonds. The van der Waals surface area contributed by atoms with Crippen molar-refractivity contribution < 1.29 is 34.4 Å². The van der Waals surface area contributed by atoms with E-state index in [1.165, 1.54) is 22.6 Å². The largest absolute Gasteiger partial charge is 0.512 e. The third-order valence-electron chi connectivity index (χ3n) is 9.61. The van der Waals surface area contributed by atoms with Crippen LogP contribution in [0.5, 0.6) is 0 Å². The molecule has 2 aromatic heterocycles. The van der Waals surface area contributed by atoms with Crippen molar-refractivity contribution in [2.24, 2.45) is 16.2 Å². The Bertz CT molecular complexity index is 1630. The minimum absolute atomic E-state index is 0. The van der Waals surface area contributed by atoms with Gasteiger partial charge in [-0.2, -0.15) is 0 Å². The normalized spacial score (nSPS) is 12.6. The van der Waals surface area contributed by atoms with Crippen molar-refractivity contribution in [2.45, 2.75) is 115 Å². The fourth-order valence-electron chi connectivity index (χ4n) is 5.65. The standard InChI is InChI=1S/C25H26NO.C15H28O2.Ir/c1-15-11-16(2)13-18(12-15)23-19-7-8-20-22(14-25(4,5)6)17(3)27-24(20)21(19)9-10-26-23;1-7-14(5,8-2)12(16)11-13(17)15(6,9-3)10-4;/h7-12H,14H2,1-6H3;11,16H,7-10H2,1-6H3;/q-1;;/b;12-11-;. The number of hydrogen-bond acceptors (Lipinski definition) is 4. The quantitative estimate of drug-likeness (QED) is 0.104. The number of fused-ring (bicyclic) bond motifs is 3. The first-order chi connectivity index (χ1) is 20.5. The molecule has 1 N–H and O–H groups in total. The van der Waals surface area contributed by atoms with Gasteiger partial charge in [0.2, 0.25) is 0 Å². The number of aliphatic hydroxyl groups excluding tert-OH is 1. The van der Waals surface area contributed by atoms with Crippen LogP contribution in [0.15, 0.2) is 52.8 Å². The first-order valence-electron chi connectivity index (χ1n) is 16.3. The van der Waals surface area contributed by atoms with Gasteiger partial charge in [-0.15, -0.1) is 34.9 Å². The minimum atomic E-state index is -0.337. The smallest absolute Gasteiger partial charge is 0.164 e. The summed E-state index contributed by atoms with van der Waals surface area (Å²) in [7, 11) is 0. The summed E-state index contributed by atoms with van der Waals surface area (Å²) >= 11 is 0. The van der Waals surface area contributed by atoms with Gasteiger partial charge in [0.05, 0.1) is 0 Å². The fraction of sp³-hybridized carbons (Fsp3) is 0.500. The number of benzene rings is 2. The number of allylic oxidation sites excluding steroid dienone is 2. The molecule has 0 saturated carbocycles. The van der Waals surface area contributed by atoms with E-state index in [1.807, 2.05) is 47.7 Å². The molecule has 247 valence electrons. The fourth-order valence-corrected chi connectivity index (χ4v) is 5.65. The molecule has 0 fully saturated rings. The van der Waals surface area contributed by atoms with E-state index in [-0.39, 0.29) is 47.9 Å². The Labute approximate surface area is 285 Å². The van der Waals surface area contributed by atoms with Gasteiger partial charge in [-0.3, -0.25) is 4.79 Å². The number of pyridine rings is 1. The molecule has 1 radical (unpaired) electrons. The Kier molecular flexibility index (Phi) is 13.0. The van der Waals surface area contributed by atoms with Gasteiger partial charge in [0, 0.05) is 59.5 Å². The first-order valence-corrected chi connectivity index (χ1v) is 16.3. The molecule has 0 aliphatic rings. The molecule has 0 saturated heterocycles. The predicted molar refractivity (Wildman–Crippen MR) is 186 cm³/mol. The summed E-state index contributed by atoms with van der Waals surface area (Å²) in [6.07, 6.45) is 7.63. The van der Waals surface area contributed by atoms with Crippen LogP contribution in [0.1, 0.15) is 110 Å². The van der Waals surface area contributed by atoms with E-state index >= 15 is 0 Å². The van der Waals surface area contributed by atoms with Crippen LogP contribution in [-0.2, 0) is 31.3 Å². The molecular formula is C40H54IrNO3-. The van der Waals surface area contributed by atoms with Crippen LogP contribution in [-0.4, -0.2) is 15.9 Å². The van der Waals surface area contributed by atoms with Crippen LogP contribution < -0.4 is 0 Å². The number of aryl methyl sites for hydroxylation is 3. The third-order valence-corrected chi connectivity index (χ3v) is 9.61. The molecule has 0 aliphatic carbocycles. The second-order valence-corrected chi connectivity index (χ2v) is 14.3. The molecule has 4 nitrogen and oxygen atoms in total. The van der Waals surface area contributed by atoms with Gasteiger partial charge in [-0.05, 0) is 61.6 Å². The molecule has 0 atom stereocenters. The maximum atomic E-state index is 12.2. The number of nitrogens with zero attached hydrogens (tertiary/aromatic N) is 1. The van der Waals surface area contributed by atoms with Crippen LogP contribution in [0.25, 0.3) is 33.0 Å². The number of aliphatic hydroxyl groups is 1. The van der Waals surface area contributed by atoms with E-state index in [2.05, 4.69) is 82.9 Å². The summed E-state index contributed by atoms with van der Waals surface area (Å²) < 4.78 is 6.26. The Morgan fingerprint density at radius 2 is 1.44 bits per heavy atom. The van der Waals surface area contributed by atoms with Gasteiger partial charge in [0.25, 0.3) is 0 Å². The van der Waals surface area contributed by atoms with Crippen LogP contribution in [0.3, 0.4) is 0 Å². The predicted octanol–water partition coefficient (Wildman–Crippen LogP) is 11.6.